The maximum absolute atomic E-state index is 12.1. The van der Waals surface area contributed by atoms with Gasteiger partial charge in [0.15, 0.2) is 0 Å². The molecular formula is C18H28N2O. The van der Waals surface area contributed by atoms with Gasteiger partial charge in [-0.3, -0.25) is 9.69 Å². The Morgan fingerprint density at radius 2 is 1.86 bits per heavy atom. The number of carbonyl (C=O) groups excluding carboxylic acids is 1. The molecule has 0 bridgehead atoms. The minimum atomic E-state index is 0.0421. The van der Waals surface area contributed by atoms with Crippen molar-refractivity contribution in [3.8, 4) is 0 Å². The van der Waals surface area contributed by atoms with Crippen molar-refractivity contribution in [3.63, 3.8) is 0 Å². The van der Waals surface area contributed by atoms with Crippen LogP contribution >= 0.6 is 0 Å². The minimum absolute atomic E-state index is 0.0421. The monoisotopic (exact) mass is 288 g/mol. The third-order valence-electron chi connectivity index (χ3n) is 4.17. The molecule has 1 aromatic rings. The van der Waals surface area contributed by atoms with Crippen molar-refractivity contribution in [2.45, 2.75) is 58.5 Å². The van der Waals surface area contributed by atoms with Gasteiger partial charge in [0.05, 0.1) is 0 Å². The normalized spacial score (nSPS) is 17.4. The Hall–Kier alpha value is -1.35. The van der Waals surface area contributed by atoms with Crippen molar-refractivity contribution >= 4 is 5.91 Å². The summed E-state index contributed by atoms with van der Waals surface area (Å²) in [6.45, 7) is 7.62. The molecule has 3 nitrogen and oxygen atoms in total. The molecule has 1 aliphatic rings. The lowest BCUT2D eigenvalue weighted by molar-refractivity contribution is 0.0938. The maximum Gasteiger partial charge on any atom is 0.251 e. The van der Waals surface area contributed by atoms with Crippen LogP contribution in [0.15, 0.2) is 24.3 Å². The third kappa shape index (κ3) is 5.16. The highest BCUT2D eigenvalue weighted by atomic mass is 16.1. The molecule has 1 amide bonds. The van der Waals surface area contributed by atoms with Crippen LogP contribution in [0.5, 0.6) is 0 Å². The number of hydrogen-bond donors (Lipinski definition) is 1. The van der Waals surface area contributed by atoms with E-state index >= 15 is 0 Å². The van der Waals surface area contributed by atoms with E-state index in [2.05, 4.69) is 36.2 Å². The van der Waals surface area contributed by atoms with E-state index in [-0.39, 0.29) is 11.9 Å². The molecular weight excluding hydrogens is 260 g/mol. The molecule has 1 N–H and O–H groups in total. The zero-order valence-electron chi connectivity index (χ0n) is 13.4. The van der Waals surface area contributed by atoms with Gasteiger partial charge >= 0.3 is 0 Å². The van der Waals surface area contributed by atoms with Crippen molar-refractivity contribution in [3.05, 3.63) is 35.4 Å². The number of nitrogens with one attached hydrogen (secondary N) is 1. The van der Waals surface area contributed by atoms with Crippen LogP contribution in [-0.2, 0) is 6.54 Å². The molecule has 0 unspecified atom stereocenters. The molecule has 0 aromatic heterocycles. The summed E-state index contributed by atoms with van der Waals surface area (Å²) in [5.74, 6) is 0.0421. The van der Waals surface area contributed by atoms with Crippen LogP contribution < -0.4 is 5.32 Å². The largest absolute Gasteiger partial charge is 0.350 e. The van der Waals surface area contributed by atoms with Crippen molar-refractivity contribution in [2.24, 2.45) is 0 Å². The van der Waals surface area contributed by atoms with Gasteiger partial charge < -0.3 is 5.32 Å². The predicted octanol–water partition coefficient (Wildman–Crippen LogP) is 3.59. The van der Waals surface area contributed by atoms with Crippen LogP contribution in [0.2, 0.25) is 0 Å². The Kier molecular flexibility index (Phi) is 6.24. The number of nitrogens with zero attached hydrogens (tertiary/aromatic N) is 1. The summed E-state index contributed by atoms with van der Waals surface area (Å²) in [4.78, 5) is 14.6. The zero-order chi connectivity index (χ0) is 15.1. The standard InChI is InChI=1S/C18H28N2O/c1-3-7-15(2)19-18(21)17-10-8-16(9-11-17)14-20-12-5-4-6-13-20/h8-11,15H,3-7,12-14H2,1-2H3,(H,19,21)/t15-/m1/s1. The first-order valence-corrected chi connectivity index (χ1v) is 8.31. The first-order valence-electron chi connectivity index (χ1n) is 8.31. The van der Waals surface area contributed by atoms with Crippen LogP contribution in [0, 0.1) is 0 Å². The molecule has 21 heavy (non-hydrogen) atoms. The highest BCUT2D eigenvalue weighted by molar-refractivity contribution is 5.94. The van der Waals surface area contributed by atoms with Gasteiger partial charge in [-0.15, -0.1) is 0 Å². The van der Waals surface area contributed by atoms with Crippen molar-refractivity contribution < 1.29 is 4.79 Å². The summed E-state index contributed by atoms with van der Waals surface area (Å²) in [6.07, 6.45) is 6.12. The van der Waals surface area contributed by atoms with E-state index in [9.17, 15) is 4.79 Å². The third-order valence-corrected chi connectivity index (χ3v) is 4.17. The van der Waals surface area contributed by atoms with Crippen LogP contribution in [-0.4, -0.2) is 29.9 Å². The van der Waals surface area contributed by atoms with Gasteiger partial charge in [0.2, 0.25) is 0 Å². The average Bonchev–Trinajstić information content (AvgIpc) is 2.49. The second-order valence-electron chi connectivity index (χ2n) is 6.20. The molecule has 1 aliphatic heterocycles. The average molecular weight is 288 g/mol. The predicted molar refractivity (Wildman–Crippen MR) is 87.4 cm³/mol. The summed E-state index contributed by atoms with van der Waals surface area (Å²) < 4.78 is 0. The maximum atomic E-state index is 12.1. The highest BCUT2D eigenvalue weighted by Crippen LogP contribution is 2.13. The lowest BCUT2D eigenvalue weighted by atomic mass is 10.1. The minimum Gasteiger partial charge on any atom is -0.350 e. The molecule has 0 aliphatic carbocycles. The molecule has 2 rings (SSSR count). The fraction of sp³-hybridized carbons (Fsp3) is 0.611. The van der Waals surface area contributed by atoms with E-state index in [1.165, 1.54) is 37.9 Å². The summed E-state index contributed by atoms with van der Waals surface area (Å²) in [6, 6.07) is 8.33. The highest BCUT2D eigenvalue weighted by Gasteiger charge is 2.12. The summed E-state index contributed by atoms with van der Waals surface area (Å²) in [7, 11) is 0. The number of benzene rings is 1. The molecule has 116 valence electrons. The smallest absolute Gasteiger partial charge is 0.251 e. The fourth-order valence-electron chi connectivity index (χ4n) is 2.95. The number of amides is 1. The van der Waals surface area contributed by atoms with E-state index in [4.69, 9.17) is 0 Å². The van der Waals surface area contributed by atoms with Gasteiger partial charge in [-0.25, -0.2) is 0 Å². The summed E-state index contributed by atoms with van der Waals surface area (Å²) in [5.41, 5.74) is 2.07. The number of hydrogen-bond acceptors (Lipinski definition) is 2. The Bertz CT molecular complexity index is 435. The molecule has 1 aromatic carbocycles. The first kappa shape index (κ1) is 16.0. The van der Waals surface area contributed by atoms with E-state index in [0.717, 1.165) is 24.9 Å². The van der Waals surface area contributed by atoms with Gasteiger partial charge in [0.25, 0.3) is 5.91 Å². The lowest BCUT2D eigenvalue weighted by Gasteiger charge is -2.26. The van der Waals surface area contributed by atoms with Crippen LogP contribution in [0.1, 0.15) is 61.9 Å². The van der Waals surface area contributed by atoms with Gasteiger partial charge in [0, 0.05) is 18.2 Å². The Labute approximate surface area is 128 Å². The topological polar surface area (TPSA) is 32.3 Å². The van der Waals surface area contributed by atoms with Gasteiger partial charge in [-0.05, 0) is 57.0 Å². The van der Waals surface area contributed by atoms with Crippen LogP contribution in [0.4, 0.5) is 0 Å². The molecule has 1 atom stereocenters. The second-order valence-corrected chi connectivity index (χ2v) is 6.20. The number of rotatable bonds is 6. The molecule has 0 saturated carbocycles. The van der Waals surface area contributed by atoms with Gasteiger partial charge in [-0.2, -0.15) is 0 Å². The zero-order valence-corrected chi connectivity index (χ0v) is 13.4. The van der Waals surface area contributed by atoms with Crippen molar-refractivity contribution in [2.75, 3.05) is 13.1 Å². The Morgan fingerprint density at radius 3 is 2.48 bits per heavy atom. The molecule has 1 fully saturated rings. The number of likely N-dealkylation sites (tertiary alicyclic amines) is 1. The van der Waals surface area contributed by atoms with Crippen molar-refractivity contribution in [1.29, 1.82) is 0 Å². The van der Waals surface area contributed by atoms with Gasteiger partial charge in [-0.1, -0.05) is 31.9 Å². The fourth-order valence-corrected chi connectivity index (χ4v) is 2.95. The summed E-state index contributed by atoms with van der Waals surface area (Å²) >= 11 is 0. The van der Waals surface area contributed by atoms with Crippen molar-refractivity contribution in [1.82, 2.24) is 10.2 Å². The number of carbonyl (C=O) groups is 1. The molecule has 1 heterocycles. The Morgan fingerprint density at radius 1 is 1.19 bits per heavy atom. The van der Waals surface area contributed by atoms with E-state index in [1.807, 2.05) is 12.1 Å². The second kappa shape index (κ2) is 8.18. The summed E-state index contributed by atoms with van der Waals surface area (Å²) in [5, 5.41) is 3.05. The number of piperidine rings is 1. The Balaban J connectivity index is 1.87. The van der Waals surface area contributed by atoms with Crippen LogP contribution in [0.25, 0.3) is 0 Å². The molecule has 0 spiro atoms. The molecule has 0 radical (unpaired) electrons. The SMILES string of the molecule is CCC[C@@H](C)NC(=O)c1ccc(CN2CCCCC2)cc1. The first-order chi connectivity index (χ1) is 10.2. The van der Waals surface area contributed by atoms with E-state index in [0.29, 0.717) is 0 Å². The van der Waals surface area contributed by atoms with E-state index < -0.39 is 0 Å². The lowest BCUT2D eigenvalue weighted by Crippen LogP contribution is -2.32. The van der Waals surface area contributed by atoms with E-state index in [1.54, 1.807) is 0 Å². The molecule has 3 heteroatoms. The van der Waals surface area contributed by atoms with Crippen LogP contribution in [0.3, 0.4) is 0 Å². The molecule has 1 saturated heterocycles. The van der Waals surface area contributed by atoms with Gasteiger partial charge in [0.1, 0.15) is 0 Å². The quantitative estimate of drug-likeness (QED) is 0.867.